The molecule has 1 aliphatic heterocycles. The molecule has 4 N–H and O–H groups in total. The van der Waals surface area contributed by atoms with Gasteiger partial charge in [-0.3, -0.25) is 20.3 Å². The van der Waals surface area contributed by atoms with Gasteiger partial charge in [0.2, 0.25) is 11.9 Å². The van der Waals surface area contributed by atoms with Gasteiger partial charge in [-0.1, -0.05) is 0 Å². The number of aromatic nitrogens is 6. The molecule has 4 heterocycles. The van der Waals surface area contributed by atoms with Gasteiger partial charge < -0.3 is 14.8 Å². The van der Waals surface area contributed by atoms with Crippen molar-refractivity contribution >= 4 is 29.9 Å². The summed E-state index contributed by atoms with van der Waals surface area (Å²) in [6.07, 6.45) is 7.22. The highest BCUT2D eigenvalue weighted by Gasteiger charge is 2.19. The normalized spacial score (nSPS) is 12.9. The van der Waals surface area contributed by atoms with Gasteiger partial charge in [-0.05, 0) is 0 Å². The van der Waals surface area contributed by atoms with Gasteiger partial charge in [-0.2, -0.15) is 4.98 Å². The Morgan fingerprint density at radius 2 is 2.07 bits per heavy atom. The van der Waals surface area contributed by atoms with Crippen molar-refractivity contribution in [3.05, 3.63) is 36.4 Å². The highest BCUT2D eigenvalue weighted by atomic mass is 19.1. The molecule has 0 spiro atoms. The first-order valence-corrected chi connectivity index (χ1v) is 8.32. The number of hydrazine groups is 1. The molecule has 3 aromatic rings. The van der Waals surface area contributed by atoms with Crippen molar-refractivity contribution < 1.29 is 14.6 Å². The second-order valence-electron chi connectivity index (χ2n) is 5.79. The topological polar surface area (TPSA) is 142 Å². The zero-order valence-corrected chi connectivity index (χ0v) is 14.6. The van der Waals surface area contributed by atoms with Crippen molar-refractivity contribution in [1.29, 1.82) is 0 Å². The first-order chi connectivity index (χ1) is 13.7. The number of aliphatic hydroxyl groups excluding tert-OH is 2. The van der Waals surface area contributed by atoms with Crippen LogP contribution in [0.1, 0.15) is 5.69 Å². The van der Waals surface area contributed by atoms with E-state index in [1.165, 1.54) is 22.2 Å². The second-order valence-corrected chi connectivity index (χ2v) is 5.79. The van der Waals surface area contributed by atoms with Gasteiger partial charge >= 0.3 is 0 Å². The number of nitrogens with zero attached hydrogens (tertiary/aromatic N) is 8. The number of rotatable bonds is 7. The summed E-state index contributed by atoms with van der Waals surface area (Å²) in [5.74, 6) is 0.388. The number of anilines is 3. The first kappa shape index (κ1) is 17.8. The molecule has 0 saturated carbocycles. The Labute approximate surface area is 158 Å². The second kappa shape index (κ2) is 7.58. The van der Waals surface area contributed by atoms with Crippen molar-refractivity contribution in [3.63, 3.8) is 0 Å². The molecule has 0 fully saturated rings. The summed E-state index contributed by atoms with van der Waals surface area (Å²) in [5.41, 5.74) is 3.44. The number of nitrogens with one attached hydrogen (secondary N) is 2. The minimum absolute atomic E-state index is 0.0511. The molecule has 146 valence electrons. The molecule has 0 aromatic carbocycles. The van der Waals surface area contributed by atoms with E-state index in [9.17, 15) is 9.50 Å². The SMILES string of the molecule is OCCn1ccnc1Nc1ncc(F)c(NN2C=Nc3c(ncn3CO)C2)n1. The van der Waals surface area contributed by atoms with E-state index in [0.29, 0.717) is 30.5 Å². The highest BCUT2D eigenvalue weighted by molar-refractivity contribution is 5.66. The standard InChI is InChI=1S/C15H17FN10O2/c16-10-5-18-14(22-15-17-1-2-24(15)3-4-27)21-12(10)23-26-6-11-13(20-8-26)25(9-28)7-19-11/h1-2,5,7-8,27-28H,3-4,6,9H2,(H2,17,18,21,22,23). The smallest absolute Gasteiger partial charge is 0.231 e. The lowest BCUT2D eigenvalue weighted by molar-refractivity contribution is 0.211. The largest absolute Gasteiger partial charge is 0.395 e. The Kier molecular flexibility index (Phi) is 4.82. The lowest BCUT2D eigenvalue weighted by atomic mass is 10.4. The fraction of sp³-hybridized carbons (Fsp3) is 0.267. The van der Waals surface area contributed by atoms with Crippen molar-refractivity contribution in [2.75, 3.05) is 17.3 Å². The van der Waals surface area contributed by atoms with Crippen LogP contribution in [0.25, 0.3) is 0 Å². The van der Waals surface area contributed by atoms with E-state index in [1.54, 1.807) is 17.0 Å². The lowest BCUT2D eigenvalue weighted by Crippen LogP contribution is -2.31. The Morgan fingerprint density at radius 3 is 2.89 bits per heavy atom. The zero-order chi connectivity index (χ0) is 19.5. The van der Waals surface area contributed by atoms with Crippen LogP contribution >= 0.6 is 0 Å². The molecule has 1 aliphatic rings. The van der Waals surface area contributed by atoms with Crippen molar-refractivity contribution in [2.24, 2.45) is 4.99 Å². The third kappa shape index (κ3) is 3.47. The van der Waals surface area contributed by atoms with Gasteiger partial charge in [0.05, 0.1) is 25.7 Å². The maximum atomic E-state index is 14.2. The minimum atomic E-state index is -0.649. The Bertz CT molecular complexity index is 1000. The summed E-state index contributed by atoms with van der Waals surface area (Å²) in [4.78, 5) is 20.5. The van der Waals surface area contributed by atoms with Gasteiger partial charge in [0.25, 0.3) is 0 Å². The van der Waals surface area contributed by atoms with Crippen LogP contribution in [0, 0.1) is 5.82 Å². The summed E-state index contributed by atoms with van der Waals surface area (Å²) in [6, 6.07) is 0. The maximum Gasteiger partial charge on any atom is 0.231 e. The van der Waals surface area contributed by atoms with Gasteiger partial charge in [0.15, 0.2) is 17.5 Å². The number of fused-ring (bicyclic) bond motifs is 1. The third-order valence-electron chi connectivity index (χ3n) is 3.95. The summed E-state index contributed by atoms with van der Waals surface area (Å²) in [6.45, 7) is 0.375. The van der Waals surface area contributed by atoms with E-state index in [1.807, 2.05) is 0 Å². The molecule has 0 bridgehead atoms. The maximum absolute atomic E-state index is 14.2. The van der Waals surface area contributed by atoms with Crippen LogP contribution in [-0.2, 0) is 19.8 Å². The number of halogens is 1. The molecule has 13 heteroatoms. The number of hydrogen-bond donors (Lipinski definition) is 4. The first-order valence-electron chi connectivity index (χ1n) is 8.32. The van der Waals surface area contributed by atoms with E-state index in [-0.39, 0.29) is 25.1 Å². The lowest BCUT2D eigenvalue weighted by Gasteiger charge is -2.23. The zero-order valence-electron chi connectivity index (χ0n) is 14.6. The van der Waals surface area contributed by atoms with Crippen LogP contribution in [0.3, 0.4) is 0 Å². The van der Waals surface area contributed by atoms with E-state index in [4.69, 9.17) is 5.11 Å². The fourth-order valence-corrected chi connectivity index (χ4v) is 2.64. The van der Waals surface area contributed by atoms with Crippen LogP contribution in [0.2, 0.25) is 0 Å². The average Bonchev–Trinajstić information content (AvgIpc) is 3.31. The molecule has 0 radical (unpaired) electrons. The van der Waals surface area contributed by atoms with Crippen molar-refractivity contribution in [2.45, 2.75) is 19.8 Å². The predicted octanol–water partition coefficient (Wildman–Crippen LogP) is 0.197. The number of hydrogen-bond acceptors (Lipinski definition) is 10. The molecule has 0 unspecified atom stereocenters. The fourth-order valence-electron chi connectivity index (χ4n) is 2.64. The molecule has 0 aliphatic carbocycles. The quantitative estimate of drug-likeness (QED) is 0.446. The van der Waals surface area contributed by atoms with Gasteiger partial charge in [0.1, 0.15) is 18.8 Å². The van der Waals surface area contributed by atoms with E-state index >= 15 is 0 Å². The molecular weight excluding hydrogens is 371 g/mol. The Balaban J connectivity index is 1.50. The molecule has 28 heavy (non-hydrogen) atoms. The number of aliphatic hydroxyl groups is 2. The third-order valence-corrected chi connectivity index (χ3v) is 3.95. The number of aliphatic imine (C=N–C) groups is 1. The molecule has 4 rings (SSSR count). The minimum Gasteiger partial charge on any atom is -0.395 e. The summed E-state index contributed by atoms with van der Waals surface area (Å²) in [5, 5.41) is 22.7. The van der Waals surface area contributed by atoms with Gasteiger partial charge in [0, 0.05) is 18.9 Å². The highest BCUT2D eigenvalue weighted by Crippen LogP contribution is 2.24. The van der Waals surface area contributed by atoms with Gasteiger partial charge in [-0.25, -0.2) is 24.3 Å². The van der Waals surface area contributed by atoms with Crippen LogP contribution < -0.4 is 10.7 Å². The van der Waals surface area contributed by atoms with Crippen LogP contribution in [0.15, 0.2) is 29.9 Å². The van der Waals surface area contributed by atoms with Crippen molar-refractivity contribution in [3.8, 4) is 0 Å². The summed E-state index contributed by atoms with van der Waals surface area (Å²) in [7, 11) is 0. The monoisotopic (exact) mass is 388 g/mol. The Hall–Kier alpha value is -3.58. The molecule has 0 saturated heterocycles. The van der Waals surface area contributed by atoms with Crippen LogP contribution in [0.4, 0.5) is 27.9 Å². The molecule has 3 aromatic heterocycles. The van der Waals surface area contributed by atoms with Crippen LogP contribution in [-0.4, -0.2) is 57.2 Å². The average molecular weight is 388 g/mol. The summed E-state index contributed by atoms with van der Waals surface area (Å²) >= 11 is 0. The molecular formula is C15H17FN10O2. The molecule has 12 nitrogen and oxygen atoms in total. The number of imidazole rings is 2. The Morgan fingerprint density at radius 1 is 1.18 bits per heavy atom. The van der Waals surface area contributed by atoms with Crippen LogP contribution in [0.5, 0.6) is 0 Å². The summed E-state index contributed by atoms with van der Waals surface area (Å²) < 4.78 is 17.3. The predicted molar refractivity (Wildman–Crippen MR) is 96.3 cm³/mol. The molecule has 0 atom stereocenters. The van der Waals surface area contributed by atoms with E-state index in [2.05, 4.69) is 35.7 Å². The van der Waals surface area contributed by atoms with E-state index < -0.39 is 5.82 Å². The van der Waals surface area contributed by atoms with E-state index in [0.717, 1.165) is 6.20 Å². The van der Waals surface area contributed by atoms with Crippen molar-refractivity contribution in [1.82, 2.24) is 34.1 Å². The van der Waals surface area contributed by atoms with Gasteiger partial charge in [-0.15, -0.1) is 0 Å². The molecule has 0 amide bonds.